The number of pyridine rings is 1. The number of furan rings is 1. The highest BCUT2D eigenvalue weighted by atomic mass is 79.9. The number of aliphatic hydroxyl groups is 1. The van der Waals surface area contributed by atoms with Crippen molar-refractivity contribution in [1.29, 1.82) is 0 Å². The van der Waals surface area contributed by atoms with Crippen LogP contribution in [0.1, 0.15) is 5.69 Å². The van der Waals surface area contributed by atoms with Gasteiger partial charge in [-0.1, -0.05) is 11.6 Å². The molecule has 0 amide bonds. The first-order valence-electron chi connectivity index (χ1n) is 3.55. The first-order valence-corrected chi connectivity index (χ1v) is 4.72. The molecule has 0 spiro atoms. The summed E-state index contributed by atoms with van der Waals surface area (Å²) in [5.74, 6) is 0. The molecule has 3 nitrogen and oxygen atoms in total. The molecule has 5 heteroatoms. The molecule has 0 saturated heterocycles. The number of rotatable bonds is 1. The van der Waals surface area contributed by atoms with Crippen LogP contribution in [0.4, 0.5) is 0 Å². The van der Waals surface area contributed by atoms with Crippen LogP contribution in [-0.4, -0.2) is 10.1 Å². The van der Waals surface area contributed by atoms with Crippen molar-refractivity contribution in [3.8, 4) is 0 Å². The smallest absolute Gasteiger partial charge is 0.172 e. The Labute approximate surface area is 87.5 Å². The molecule has 0 aliphatic rings. The van der Waals surface area contributed by atoms with Gasteiger partial charge in [0.15, 0.2) is 10.7 Å². The van der Waals surface area contributed by atoms with Crippen molar-refractivity contribution >= 4 is 38.5 Å². The van der Waals surface area contributed by atoms with Crippen molar-refractivity contribution in [2.24, 2.45) is 0 Å². The van der Waals surface area contributed by atoms with Gasteiger partial charge in [0.05, 0.1) is 16.8 Å². The number of aromatic nitrogens is 1. The summed E-state index contributed by atoms with van der Waals surface area (Å²) in [4.78, 5) is 3.93. The Bertz CT molecular complexity index is 455. The fourth-order valence-corrected chi connectivity index (χ4v) is 1.74. The van der Waals surface area contributed by atoms with E-state index in [0.717, 1.165) is 9.86 Å². The molecule has 2 aromatic rings. The van der Waals surface area contributed by atoms with Gasteiger partial charge in [-0.2, -0.15) is 0 Å². The van der Waals surface area contributed by atoms with Crippen molar-refractivity contribution in [3.05, 3.63) is 27.6 Å². The highest BCUT2D eigenvalue weighted by Crippen LogP contribution is 2.30. The number of nitrogens with zero attached hydrogens (tertiary/aromatic N) is 1. The largest absolute Gasteiger partial charge is 0.460 e. The summed E-state index contributed by atoms with van der Waals surface area (Å²) >= 11 is 9.12. The van der Waals surface area contributed by atoms with Crippen LogP contribution >= 0.6 is 27.5 Å². The molecule has 0 atom stereocenters. The van der Waals surface area contributed by atoms with Crippen molar-refractivity contribution in [3.63, 3.8) is 0 Å². The van der Waals surface area contributed by atoms with E-state index >= 15 is 0 Å². The minimum atomic E-state index is -0.132. The molecule has 2 rings (SSSR count). The first kappa shape index (κ1) is 8.99. The van der Waals surface area contributed by atoms with Gasteiger partial charge in [0, 0.05) is 5.39 Å². The van der Waals surface area contributed by atoms with Crippen LogP contribution in [0.5, 0.6) is 0 Å². The summed E-state index contributed by atoms with van der Waals surface area (Å²) < 4.78 is 5.96. The number of fused-ring (bicyclic) bond motifs is 1. The average Bonchev–Trinajstić information content (AvgIpc) is 2.48. The Morgan fingerprint density at radius 3 is 3.08 bits per heavy atom. The molecule has 0 unspecified atom stereocenters. The lowest BCUT2D eigenvalue weighted by Gasteiger charge is -1.97. The fourth-order valence-electron chi connectivity index (χ4n) is 1.10. The molecule has 0 aliphatic heterocycles. The second kappa shape index (κ2) is 3.29. The average molecular weight is 262 g/mol. The van der Waals surface area contributed by atoms with Crippen LogP contribution in [-0.2, 0) is 6.61 Å². The zero-order valence-corrected chi connectivity index (χ0v) is 8.76. The second-order valence-corrected chi connectivity index (χ2v) is 3.74. The Morgan fingerprint density at radius 2 is 2.38 bits per heavy atom. The third kappa shape index (κ3) is 1.45. The van der Waals surface area contributed by atoms with E-state index in [4.69, 9.17) is 21.1 Å². The Hall–Kier alpha value is -0.580. The van der Waals surface area contributed by atoms with Gasteiger partial charge in [-0.3, -0.25) is 0 Å². The normalized spacial score (nSPS) is 11.0. The van der Waals surface area contributed by atoms with Gasteiger partial charge in [0.1, 0.15) is 6.26 Å². The minimum absolute atomic E-state index is 0.132. The number of hydrogen-bond acceptors (Lipinski definition) is 3. The highest BCUT2D eigenvalue weighted by molar-refractivity contribution is 9.10. The highest BCUT2D eigenvalue weighted by Gasteiger charge is 2.09. The molecule has 68 valence electrons. The Morgan fingerprint density at radius 1 is 1.62 bits per heavy atom. The van der Waals surface area contributed by atoms with Gasteiger partial charge in [-0.15, -0.1) is 0 Å². The molecular weight excluding hydrogens is 257 g/mol. The lowest BCUT2D eigenvalue weighted by Crippen LogP contribution is -1.88. The number of hydrogen-bond donors (Lipinski definition) is 1. The van der Waals surface area contributed by atoms with E-state index in [9.17, 15) is 0 Å². The van der Waals surface area contributed by atoms with E-state index in [2.05, 4.69) is 20.9 Å². The zero-order chi connectivity index (χ0) is 9.42. The molecule has 13 heavy (non-hydrogen) atoms. The van der Waals surface area contributed by atoms with Gasteiger partial charge >= 0.3 is 0 Å². The summed E-state index contributed by atoms with van der Waals surface area (Å²) in [5.41, 5.74) is 1.06. The molecule has 0 radical (unpaired) electrons. The van der Waals surface area contributed by atoms with E-state index in [1.54, 1.807) is 12.3 Å². The van der Waals surface area contributed by atoms with E-state index in [1.807, 2.05) is 0 Å². The third-order valence-electron chi connectivity index (χ3n) is 1.68. The van der Waals surface area contributed by atoms with Gasteiger partial charge in [-0.25, -0.2) is 4.98 Å². The molecule has 2 heterocycles. The van der Waals surface area contributed by atoms with Crippen LogP contribution in [0.2, 0.25) is 5.15 Å². The van der Waals surface area contributed by atoms with Gasteiger partial charge in [0.25, 0.3) is 0 Å². The molecule has 0 fully saturated rings. The summed E-state index contributed by atoms with van der Waals surface area (Å²) in [5, 5.41) is 9.98. The van der Waals surface area contributed by atoms with E-state index in [0.29, 0.717) is 11.3 Å². The summed E-state index contributed by atoms with van der Waals surface area (Å²) in [6.45, 7) is -0.132. The number of aliphatic hydroxyl groups excluding tert-OH is 1. The van der Waals surface area contributed by atoms with Crippen LogP contribution in [0.3, 0.4) is 0 Å². The van der Waals surface area contributed by atoms with Gasteiger partial charge in [0.2, 0.25) is 0 Å². The van der Waals surface area contributed by atoms with Gasteiger partial charge < -0.3 is 9.52 Å². The van der Waals surface area contributed by atoms with Gasteiger partial charge in [-0.05, 0) is 22.0 Å². The van der Waals surface area contributed by atoms with Crippen molar-refractivity contribution in [2.75, 3.05) is 0 Å². The lowest BCUT2D eigenvalue weighted by atomic mass is 10.3. The maximum absolute atomic E-state index is 8.88. The van der Waals surface area contributed by atoms with Crippen molar-refractivity contribution in [1.82, 2.24) is 4.98 Å². The maximum Gasteiger partial charge on any atom is 0.172 e. The molecule has 0 saturated carbocycles. The van der Waals surface area contributed by atoms with Crippen LogP contribution in [0, 0.1) is 0 Å². The van der Waals surface area contributed by atoms with E-state index in [1.165, 1.54) is 0 Å². The molecule has 1 N–H and O–H groups in total. The predicted octanol–water partition coefficient (Wildman–Crippen LogP) is 2.74. The standard InChI is InChI=1S/C8H5BrClNO2/c9-6-3-13-7-5(6)1-4(2-12)11-8(7)10/h1,3,12H,2H2. The van der Waals surface area contributed by atoms with E-state index in [-0.39, 0.29) is 11.8 Å². The SMILES string of the molecule is OCc1cc2c(Br)coc2c(Cl)n1. The first-order chi connectivity index (χ1) is 6.22. The van der Waals surface area contributed by atoms with E-state index < -0.39 is 0 Å². The molecule has 0 aromatic carbocycles. The second-order valence-electron chi connectivity index (χ2n) is 2.52. The van der Waals surface area contributed by atoms with Crippen LogP contribution in [0.25, 0.3) is 11.0 Å². The van der Waals surface area contributed by atoms with Crippen LogP contribution < -0.4 is 0 Å². The third-order valence-corrected chi connectivity index (χ3v) is 2.55. The molecule has 2 aromatic heterocycles. The minimum Gasteiger partial charge on any atom is -0.460 e. The van der Waals surface area contributed by atoms with Crippen molar-refractivity contribution < 1.29 is 9.52 Å². The fraction of sp³-hybridized carbons (Fsp3) is 0.125. The summed E-state index contributed by atoms with van der Waals surface area (Å²) in [6.07, 6.45) is 1.54. The van der Waals surface area contributed by atoms with Crippen LogP contribution in [0.15, 0.2) is 21.2 Å². The monoisotopic (exact) mass is 261 g/mol. The lowest BCUT2D eigenvalue weighted by molar-refractivity contribution is 0.277. The quantitative estimate of drug-likeness (QED) is 0.804. The summed E-state index contributed by atoms with van der Waals surface area (Å²) in [7, 11) is 0. The number of halogens is 2. The molecule has 0 bridgehead atoms. The topological polar surface area (TPSA) is 46.3 Å². The predicted molar refractivity (Wildman–Crippen MR) is 52.6 cm³/mol. The zero-order valence-electron chi connectivity index (χ0n) is 6.42. The maximum atomic E-state index is 8.88. The summed E-state index contributed by atoms with van der Waals surface area (Å²) in [6, 6.07) is 1.73. The molecular formula is C8H5BrClNO2. The Balaban J connectivity index is 2.80. The van der Waals surface area contributed by atoms with Crippen molar-refractivity contribution in [2.45, 2.75) is 6.61 Å². The Kier molecular flexibility index (Phi) is 2.27. The molecule has 0 aliphatic carbocycles.